The molecule has 0 saturated heterocycles. The molecule has 0 unspecified atom stereocenters. The van der Waals surface area contributed by atoms with Crippen LogP contribution in [0, 0.1) is 0 Å². The molecule has 0 amide bonds. The Hall–Kier alpha value is -2.43. The number of rotatable bonds is 6. The van der Waals surface area contributed by atoms with E-state index in [4.69, 9.17) is 5.73 Å². The first kappa shape index (κ1) is 24.6. The number of hydrogen-bond acceptors (Lipinski definition) is 6. The molecule has 8 nitrogen and oxygen atoms in total. The lowest BCUT2D eigenvalue weighted by Crippen LogP contribution is -2.26. The summed E-state index contributed by atoms with van der Waals surface area (Å²) in [5, 5.41) is 0. The average molecular weight is 442 g/mol. The van der Waals surface area contributed by atoms with E-state index in [-0.39, 0.29) is 5.78 Å². The van der Waals surface area contributed by atoms with Crippen LogP contribution in [-0.2, 0) is 26.6 Å². The van der Waals surface area contributed by atoms with Gasteiger partial charge in [0.25, 0.3) is 0 Å². The van der Waals surface area contributed by atoms with Crippen molar-refractivity contribution < 1.29 is 21.6 Å². The third kappa shape index (κ3) is 6.84. The molecule has 2 rings (SSSR count). The van der Waals surface area contributed by atoms with Gasteiger partial charge in [0.1, 0.15) is 0 Å². The highest BCUT2D eigenvalue weighted by atomic mass is 32.2. The predicted octanol–water partition coefficient (Wildman–Crippen LogP) is 1.83. The third-order valence-electron chi connectivity index (χ3n) is 4.17. The number of hydrogen-bond donors (Lipinski definition) is 1. The molecule has 0 aliphatic rings. The number of para-hydroxylation sites is 2. The van der Waals surface area contributed by atoms with Gasteiger partial charge in [-0.05, 0) is 30.7 Å². The summed E-state index contributed by atoms with van der Waals surface area (Å²) in [4.78, 5) is 11.3. The van der Waals surface area contributed by atoms with Gasteiger partial charge in [-0.2, -0.15) is 0 Å². The normalized spacial score (nSPS) is 11.2. The first-order chi connectivity index (χ1) is 13.3. The molecule has 10 heteroatoms. The highest BCUT2D eigenvalue weighted by Crippen LogP contribution is 2.22. The fourth-order valence-corrected chi connectivity index (χ4v) is 3.45. The van der Waals surface area contributed by atoms with Gasteiger partial charge in [-0.25, -0.2) is 16.8 Å². The number of Topliss-reactive ketones (excluding diaryl/α,β-unsaturated/α-hetero) is 1. The molecule has 0 spiro atoms. The molecule has 2 N–H and O–H groups in total. The topological polar surface area (TPSA) is 118 Å². The maximum Gasteiger partial charge on any atom is 0.232 e. The Morgan fingerprint density at radius 2 is 1.24 bits per heavy atom. The van der Waals surface area contributed by atoms with Crippen LogP contribution in [0.15, 0.2) is 48.5 Å². The number of benzene rings is 2. The van der Waals surface area contributed by atoms with E-state index in [1.54, 1.807) is 36.4 Å². The van der Waals surface area contributed by atoms with Gasteiger partial charge in [-0.1, -0.05) is 30.3 Å². The lowest BCUT2D eigenvalue weighted by molar-refractivity contribution is 0.101. The molecule has 160 valence electrons. The Morgan fingerprint density at radius 1 is 0.828 bits per heavy atom. The van der Waals surface area contributed by atoms with Gasteiger partial charge < -0.3 is 5.73 Å². The highest BCUT2D eigenvalue weighted by Gasteiger charge is 2.17. The fraction of sp³-hybridized carbons (Fsp3) is 0.316. The Balaban J connectivity index is 0.000000291. The minimum Gasteiger partial charge on any atom is -0.326 e. The SMILES string of the molecule is CC(=O)c1ccccc1N(C)S(C)(=O)=O.CN(c1ccccc1CN)S(C)(=O)=O. The number of carbonyl (C=O) groups excluding carboxylic acids is 1. The second-order valence-electron chi connectivity index (χ2n) is 6.37. The van der Waals surface area contributed by atoms with Crippen LogP contribution in [0.2, 0.25) is 0 Å². The van der Waals surface area contributed by atoms with Crippen molar-refractivity contribution in [2.45, 2.75) is 13.5 Å². The van der Waals surface area contributed by atoms with Crippen LogP contribution in [0.25, 0.3) is 0 Å². The molecular formula is C19H27N3O5S2. The number of sulfonamides is 2. The largest absolute Gasteiger partial charge is 0.326 e. The van der Waals surface area contributed by atoms with Crippen LogP contribution < -0.4 is 14.3 Å². The average Bonchev–Trinajstić information content (AvgIpc) is 2.65. The van der Waals surface area contributed by atoms with E-state index in [0.717, 1.165) is 16.1 Å². The van der Waals surface area contributed by atoms with E-state index >= 15 is 0 Å². The number of carbonyl (C=O) groups is 1. The molecular weight excluding hydrogens is 414 g/mol. The van der Waals surface area contributed by atoms with Crippen molar-refractivity contribution in [3.8, 4) is 0 Å². The van der Waals surface area contributed by atoms with E-state index in [2.05, 4.69) is 0 Å². The summed E-state index contributed by atoms with van der Waals surface area (Å²) in [6.45, 7) is 1.74. The second-order valence-corrected chi connectivity index (χ2v) is 10.4. The summed E-state index contributed by atoms with van der Waals surface area (Å²) in [5.74, 6) is -0.152. The Kier molecular flexibility index (Phi) is 8.37. The van der Waals surface area contributed by atoms with E-state index in [1.807, 2.05) is 12.1 Å². The summed E-state index contributed by atoms with van der Waals surface area (Å²) >= 11 is 0. The van der Waals surface area contributed by atoms with Crippen LogP contribution >= 0.6 is 0 Å². The molecule has 0 saturated carbocycles. The van der Waals surface area contributed by atoms with E-state index in [0.29, 0.717) is 23.5 Å². The fourth-order valence-electron chi connectivity index (χ4n) is 2.39. The smallest absolute Gasteiger partial charge is 0.232 e. The van der Waals surface area contributed by atoms with Crippen LogP contribution in [0.4, 0.5) is 11.4 Å². The van der Waals surface area contributed by atoms with Gasteiger partial charge >= 0.3 is 0 Å². The summed E-state index contributed by atoms with van der Waals surface area (Å²) < 4.78 is 47.5. The van der Waals surface area contributed by atoms with Gasteiger partial charge in [0, 0.05) is 26.2 Å². The standard InChI is InChI=1S/C10H13NO3S.C9H14N2O2S/c1-8(12)9-6-4-5-7-10(9)11(2)15(3,13)14;1-11(14(2,12)13)9-6-4-3-5-8(9)7-10/h4-7H,1-3H3;3-6H,7,10H2,1-2H3. The second kappa shape index (κ2) is 9.86. The van der Waals surface area contributed by atoms with Crippen molar-refractivity contribution in [2.24, 2.45) is 5.73 Å². The van der Waals surface area contributed by atoms with Gasteiger partial charge in [0.2, 0.25) is 20.0 Å². The van der Waals surface area contributed by atoms with E-state index in [1.165, 1.54) is 31.6 Å². The molecule has 2 aromatic carbocycles. The molecule has 0 fully saturated rings. The van der Waals surface area contributed by atoms with Crippen molar-refractivity contribution in [1.82, 2.24) is 0 Å². The number of nitrogens with two attached hydrogens (primary N) is 1. The molecule has 0 aliphatic carbocycles. The monoisotopic (exact) mass is 441 g/mol. The summed E-state index contributed by atoms with van der Waals surface area (Å²) in [6, 6.07) is 13.8. The molecule has 0 aliphatic heterocycles. The summed E-state index contributed by atoms with van der Waals surface area (Å²) in [6.07, 6.45) is 2.27. The van der Waals surface area contributed by atoms with Gasteiger partial charge in [-0.15, -0.1) is 0 Å². The van der Waals surface area contributed by atoms with Crippen molar-refractivity contribution in [2.75, 3.05) is 35.2 Å². The van der Waals surface area contributed by atoms with Crippen molar-refractivity contribution in [3.05, 3.63) is 59.7 Å². The lowest BCUT2D eigenvalue weighted by Gasteiger charge is -2.19. The van der Waals surface area contributed by atoms with Crippen molar-refractivity contribution >= 4 is 37.2 Å². The lowest BCUT2D eigenvalue weighted by atomic mass is 10.1. The van der Waals surface area contributed by atoms with E-state index in [9.17, 15) is 21.6 Å². The Bertz CT molecular complexity index is 1070. The molecule has 0 aromatic heterocycles. The zero-order valence-corrected chi connectivity index (χ0v) is 18.8. The van der Waals surface area contributed by atoms with Crippen LogP contribution in [0.3, 0.4) is 0 Å². The number of nitrogens with zero attached hydrogens (tertiary/aromatic N) is 2. The zero-order valence-electron chi connectivity index (χ0n) is 17.2. The van der Waals surface area contributed by atoms with Crippen molar-refractivity contribution in [1.29, 1.82) is 0 Å². The molecule has 29 heavy (non-hydrogen) atoms. The third-order valence-corrected chi connectivity index (χ3v) is 6.55. The summed E-state index contributed by atoms with van der Waals surface area (Å²) in [5.41, 5.74) is 7.78. The highest BCUT2D eigenvalue weighted by molar-refractivity contribution is 7.92. The molecule has 0 bridgehead atoms. The Morgan fingerprint density at radius 3 is 1.69 bits per heavy atom. The van der Waals surface area contributed by atoms with Gasteiger partial charge in [-0.3, -0.25) is 13.4 Å². The van der Waals surface area contributed by atoms with Crippen LogP contribution in [0.1, 0.15) is 22.8 Å². The number of ketones is 1. The first-order valence-electron chi connectivity index (χ1n) is 8.56. The molecule has 0 atom stereocenters. The predicted molar refractivity (Wildman–Crippen MR) is 117 cm³/mol. The zero-order chi connectivity index (χ0) is 22.4. The molecule has 0 heterocycles. The first-order valence-corrected chi connectivity index (χ1v) is 12.3. The van der Waals surface area contributed by atoms with Crippen LogP contribution in [-0.4, -0.2) is 49.2 Å². The van der Waals surface area contributed by atoms with Crippen LogP contribution in [0.5, 0.6) is 0 Å². The molecule has 2 aromatic rings. The minimum absolute atomic E-state index is 0.152. The van der Waals surface area contributed by atoms with Gasteiger partial charge in [0.05, 0.1) is 23.9 Å². The molecule has 0 radical (unpaired) electrons. The van der Waals surface area contributed by atoms with E-state index < -0.39 is 20.0 Å². The minimum atomic E-state index is -3.33. The quantitative estimate of drug-likeness (QED) is 0.683. The maximum atomic E-state index is 11.3. The van der Waals surface area contributed by atoms with Gasteiger partial charge in [0.15, 0.2) is 5.78 Å². The summed E-state index contributed by atoms with van der Waals surface area (Å²) in [7, 11) is -3.60. The van der Waals surface area contributed by atoms with Crippen molar-refractivity contribution in [3.63, 3.8) is 0 Å². The maximum absolute atomic E-state index is 11.3. The Labute approximate surface area is 173 Å². The number of anilines is 2.